The van der Waals surface area contributed by atoms with Crippen molar-refractivity contribution in [3.05, 3.63) is 59.7 Å². The zero-order chi connectivity index (χ0) is 21.0. The Morgan fingerprint density at radius 3 is 2.52 bits per heavy atom. The van der Waals surface area contributed by atoms with Crippen molar-refractivity contribution in [1.82, 2.24) is 4.90 Å². The van der Waals surface area contributed by atoms with Crippen LogP contribution in [0.5, 0.6) is 0 Å². The van der Waals surface area contributed by atoms with E-state index in [4.69, 9.17) is 0 Å². The van der Waals surface area contributed by atoms with Gasteiger partial charge in [-0.05, 0) is 29.7 Å². The van der Waals surface area contributed by atoms with Crippen LogP contribution in [-0.2, 0) is 20.5 Å². The third-order valence-electron chi connectivity index (χ3n) is 4.73. The van der Waals surface area contributed by atoms with E-state index in [9.17, 15) is 22.8 Å². The van der Waals surface area contributed by atoms with Crippen molar-refractivity contribution in [3.63, 3.8) is 0 Å². The van der Waals surface area contributed by atoms with Crippen LogP contribution in [0.2, 0.25) is 0 Å². The third-order valence-corrected chi connectivity index (χ3v) is 4.73. The molecule has 0 radical (unpaired) electrons. The molecule has 1 amide bonds. The van der Waals surface area contributed by atoms with Crippen LogP contribution in [0.15, 0.2) is 48.5 Å². The summed E-state index contributed by atoms with van der Waals surface area (Å²) in [4.78, 5) is 25.2. The van der Waals surface area contributed by atoms with Gasteiger partial charge in [-0.15, -0.1) is 0 Å². The predicted molar refractivity (Wildman–Crippen MR) is 100 cm³/mol. The molecule has 2 aromatic rings. The highest BCUT2D eigenvalue weighted by molar-refractivity contribution is 5.94. The summed E-state index contributed by atoms with van der Waals surface area (Å²) >= 11 is 0. The molecule has 3 rings (SSSR count). The van der Waals surface area contributed by atoms with Gasteiger partial charge in [0.1, 0.15) is 0 Å². The summed E-state index contributed by atoms with van der Waals surface area (Å²) in [7, 11) is 1.28. The van der Waals surface area contributed by atoms with Crippen molar-refractivity contribution >= 4 is 11.9 Å². The maximum absolute atomic E-state index is 13.5. The van der Waals surface area contributed by atoms with Gasteiger partial charge in [-0.1, -0.05) is 42.3 Å². The molecule has 1 aliphatic heterocycles. The van der Waals surface area contributed by atoms with Crippen LogP contribution in [0.25, 0.3) is 11.1 Å². The molecule has 150 valence electrons. The summed E-state index contributed by atoms with van der Waals surface area (Å²) in [5.74, 6) is 3.57. The minimum Gasteiger partial charge on any atom is -0.469 e. The van der Waals surface area contributed by atoms with Crippen molar-refractivity contribution in [1.29, 1.82) is 0 Å². The van der Waals surface area contributed by atoms with E-state index in [-0.39, 0.29) is 23.6 Å². The van der Waals surface area contributed by atoms with E-state index in [1.807, 2.05) is 0 Å². The Hall–Kier alpha value is -3.27. The molecule has 2 aromatic carbocycles. The van der Waals surface area contributed by atoms with Gasteiger partial charge in [-0.25, -0.2) is 0 Å². The molecule has 1 fully saturated rings. The third kappa shape index (κ3) is 4.77. The molecule has 0 aliphatic carbocycles. The highest BCUT2D eigenvalue weighted by atomic mass is 19.4. The van der Waals surface area contributed by atoms with E-state index < -0.39 is 23.6 Å². The Labute approximate surface area is 166 Å². The summed E-state index contributed by atoms with van der Waals surface area (Å²) in [6, 6.07) is 12.0. The second kappa shape index (κ2) is 8.39. The number of carbonyl (C=O) groups is 2. The van der Waals surface area contributed by atoms with Crippen LogP contribution in [0, 0.1) is 17.8 Å². The maximum Gasteiger partial charge on any atom is 0.417 e. The highest BCUT2D eigenvalue weighted by Crippen LogP contribution is 2.37. The lowest BCUT2D eigenvalue weighted by Crippen LogP contribution is -2.29. The van der Waals surface area contributed by atoms with E-state index in [0.29, 0.717) is 18.5 Å². The summed E-state index contributed by atoms with van der Waals surface area (Å²) in [6.45, 7) is 0.551. The number of esters is 1. The molecule has 0 saturated carbocycles. The van der Waals surface area contributed by atoms with Gasteiger partial charge in [-0.2, -0.15) is 13.2 Å². The standard InChI is InChI=1S/C22H18F3NO3/c1-29-21(28)17-11-12-26(14-17)20(27)10-8-15-7-9-18(16-5-3-2-4-6-16)19(13-15)22(23,24)25/h2-7,9,13,17H,11-12,14H2,1H3/t17-/m1/s1. The van der Waals surface area contributed by atoms with Crippen LogP contribution in [0.1, 0.15) is 17.5 Å². The summed E-state index contributed by atoms with van der Waals surface area (Å²) in [6.07, 6.45) is -4.08. The minimum absolute atomic E-state index is 0.0513. The number of alkyl halides is 3. The molecule has 1 aliphatic rings. The fourth-order valence-corrected chi connectivity index (χ4v) is 3.23. The first-order valence-corrected chi connectivity index (χ1v) is 8.95. The van der Waals surface area contributed by atoms with E-state index >= 15 is 0 Å². The molecule has 29 heavy (non-hydrogen) atoms. The first-order chi connectivity index (χ1) is 13.8. The average molecular weight is 401 g/mol. The quantitative estimate of drug-likeness (QED) is 0.569. The zero-order valence-electron chi connectivity index (χ0n) is 15.6. The number of carbonyl (C=O) groups excluding carboxylic acids is 2. The van der Waals surface area contributed by atoms with Gasteiger partial charge in [-0.3, -0.25) is 9.59 Å². The van der Waals surface area contributed by atoms with E-state index in [1.165, 1.54) is 24.1 Å². The topological polar surface area (TPSA) is 46.6 Å². The fraction of sp³-hybridized carbons (Fsp3) is 0.273. The molecule has 0 aromatic heterocycles. The van der Waals surface area contributed by atoms with Crippen molar-refractivity contribution in [3.8, 4) is 23.0 Å². The second-order valence-corrected chi connectivity index (χ2v) is 6.63. The average Bonchev–Trinajstić information content (AvgIpc) is 3.21. The fourth-order valence-electron chi connectivity index (χ4n) is 3.23. The van der Waals surface area contributed by atoms with Gasteiger partial charge >= 0.3 is 12.1 Å². The first kappa shape index (κ1) is 20.5. The zero-order valence-corrected chi connectivity index (χ0v) is 15.6. The smallest absolute Gasteiger partial charge is 0.417 e. The molecule has 0 unspecified atom stereocenters. The van der Waals surface area contributed by atoms with Crippen LogP contribution in [-0.4, -0.2) is 37.0 Å². The maximum atomic E-state index is 13.5. The molecule has 4 nitrogen and oxygen atoms in total. The van der Waals surface area contributed by atoms with Gasteiger partial charge in [0.15, 0.2) is 0 Å². The van der Waals surface area contributed by atoms with Crippen molar-refractivity contribution in [2.24, 2.45) is 5.92 Å². The number of hydrogen-bond donors (Lipinski definition) is 0. The monoisotopic (exact) mass is 401 g/mol. The molecular formula is C22H18F3NO3. The SMILES string of the molecule is COC(=O)[C@@H]1CCN(C(=O)C#Cc2ccc(-c3ccccc3)c(C(F)(F)F)c2)C1. The van der Waals surface area contributed by atoms with Crippen LogP contribution in [0.3, 0.4) is 0 Å². The van der Waals surface area contributed by atoms with E-state index in [1.54, 1.807) is 30.3 Å². The number of amides is 1. The molecule has 1 atom stereocenters. The van der Waals surface area contributed by atoms with Gasteiger partial charge in [0.05, 0.1) is 18.6 Å². The molecule has 1 heterocycles. The van der Waals surface area contributed by atoms with Crippen LogP contribution in [0.4, 0.5) is 13.2 Å². The number of nitrogens with zero attached hydrogens (tertiary/aromatic N) is 1. The Morgan fingerprint density at radius 2 is 1.86 bits per heavy atom. The normalized spacial score (nSPS) is 16.1. The van der Waals surface area contributed by atoms with Gasteiger partial charge in [0, 0.05) is 24.6 Å². The Balaban J connectivity index is 1.83. The number of benzene rings is 2. The van der Waals surface area contributed by atoms with Crippen molar-refractivity contribution < 1.29 is 27.5 Å². The lowest BCUT2D eigenvalue weighted by Gasteiger charge is -2.14. The molecule has 0 bridgehead atoms. The number of rotatable bonds is 2. The summed E-state index contributed by atoms with van der Waals surface area (Å²) in [5.41, 5.74) is -0.222. The second-order valence-electron chi connectivity index (χ2n) is 6.63. The van der Waals surface area contributed by atoms with Crippen LogP contribution >= 0.6 is 0 Å². The molecule has 0 N–H and O–H groups in total. The molecule has 7 heteroatoms. The highest BCUT2D eigenvalue weighted by Gasteiger charge is 2.34. The number of hydrogen-bond acceptors (Lipinski definition) is 3. The number of halogens is 3. The molecular weight excluding hydrogens is 383 g/mol. The number of likely N-dealkylation sites (tertiary alicyclic amines) is 1. The van der Waals surface area contributed by atoms with Crippen molar-refractivity contribution in [2.45, 2.75) is 12.6 Å². The Morgan fingerprint density at radius 1 is 1.14 bits per heavy atom. The lowest BCUT2D eigenvalue weighted by molar-refractivity contribution is -0.145. The largest absolute Gasteiger partial charge is 0.469 e. The van der Waals surface area contributed by atoms with Gasteiger partial charge < -0.3 is 9.64 Å². The molecule has 1 saturated heterocycles. The summed E-state index contributed by atoms with van der Waals surface area (Å²) in [5, 5.41) is 0. The Kier molecular flexibility index (Phi) is 5.92. The van der Waals surface area contributed by atoms with Gasteiger partial charge in [0.2, 0.25) is 0 Å². The summed E-state index contributed by atoms with van der Waals surface area (Å²) < 4.78 is 45.3. The first-order valence-electron chi connectivity index (χ1n) is 8.95. The predicted octanol–water partition coefficient (Wildman–Crippen LogP) is 3.75. The Bertz CT molecular complexity index is 974. The number of ether oxygens (including phenoxy) is 1. The van der Waals surface area contributed by atoms with Gasteiger partial charge in [0.25, 0.3) is 5.91 Å². The lowest BCUT2D eigenvalue weighted by atomic mass is 9.97. The minimum atomic E-state index is -4.56. The van der Waals surface area contributed by atoms with E-state index in [2.05, 4.69) is 16.6 Å². The van der Waals surface area contributed by atoms with Crippen LogP contribution < -0.4 is 0 Å². The molecule has 0 spiro atoms. The van der Waals surface area contributed by atoms with E-state index in [0.717, 1.165) is 6.07 Å². The number of methoxy groups -OCH3 is 1. The van der Waals surface area contributed by atoms with Crippen molar-refractivity contribution in [2.75, 3.05) is 20.2 Å².